The number of fused-ring (bicyclic) bond motifs is 3. The molecular weight excluding hydrogens is 304 g/mol. The second kappa shape index (κ2) is 4.81. The Morgan fingerprint density at radius 1 is 1.00 bits per heavy atom. The van der Waals surface area contributed by atoms with Gasteiger partial charge >= 0.3 is 0 Å². The number of sulfone groups is 1. The molecule has 2 aromatic carbocycles. The molecule has 0 unspecified atom stereocenters. The van der Waals surface area contributed by atoms with Crippen LogP contribution >= 0.6 is 0 Å². The minimum atomic E-state index is -3.39. The van der Waals surface area contributed by atoms with Gasteiger partial charge < -0.3 is 0 Å². The summed E-state index contributed by atoms with van der Waals surface area (Å²) < 4.78 is 25.5. The van der Waals surface area contributed by atoms with E-state index in [0.717, 1.165) is 12.0 Å². The van der Waals surface area contributed by atoms with Crippen molar-refractivity contribution >= 4 is 9.84 Å². The average Bonchev–Trinajstić information content (AvgIpc) is 2.91. The topological polar surface area (TPSA) is 34.1 Å². The Hall–Kier alpha value is -1.87. The minimum absolute atomic E-state index is 0.0640. The first-order valence-electron chi connectivity index (χ1n) is 8.01. The van der Waals surface area contributed by atoms with Gasteiger partial charge in [0.1, 0.15) is 0 Å². The van der Waals surface area contributed by atoms with Crippen molar-refractivity contribution in [1.82, 2.24) is 0 Å². The Bertz CT molecular complexity index is 892. The Kier molecular flexibility index (Phi) is 3.08. The van der Waals surface area contributed by atoms with Gasteiger partial charge in [0.2, 0.25) is 0 Å². The largest absolute Gasteiger partial charge is 0.219 e. The van der Waals surface area contributed by atoms with Crippen LogP contribution in [0.5, 0.6) is 0 Å². The number of hydrogen-bond donors (Lipinski definition) is 0. The van der Waals surface area contributed by atoms with Crippen LogP contribution in [-0.2, 0) is 16.3 Å². The maximum absolute atomic E-state index is 12.7. The van der Waals surface area contributed by atoms with E-state index in [2.05, 4.69) is 38.1 Å². The molecule has 0 aliphatic heterocycles. The summed E-state index contributed by atoms with van der Waals surface area (Å²) in [6, 6.07) is 17.1. The first-order valence-corrected chi connectivity index (χ1v) is 9.56. The molecule has 2 aliphatic rings. The second-order valence-electron chi connectivity index (χ2n) is 7.14. The summed E-state index contributed by atoms with van der Waals surface area (Å²) in [5.74, 6) is 0.775. The van der Waals surface area contributed by atoms with Crippen molar-refractivity contribution in [3.8, 4) is 0 Å². The molecule has 0 heterocycles. The van der Waals surface area contributed by atoms with Crippen LogP contribution in [-0.4, -0.2) is 8.42 Å². The number of hydrogen-bond acceptors (Lipinski definition) is 2. The summed E-state index contributed by atoms with van der Waals surface area (Å²) in [7, 11) is -3.39. The molecule has 118 valence electrons. The van der Waals surface area contributed by atoms with Gasteiger partial charge in [0.05, 0.1) is 4.90 Å². The third-order valence-corrected chi connectivity index (χ3v) is 7.09. The van der Waals surface area contributed by atoms with Crippen molar-refractivity contribution in [2.75, 3.05) is 0 Å². The molecule has 0 N–H and O–H groups in total. The summed E-state index contributed by atoms with van der Waals surface area (Å²) >= 11 is 0. The predicted octanol–water partition coefficient (Wildman–Crippen LogP) is 4.34. The molecule has 0 bridgehead atoms. The minimum Gasteiger partial charge on any atom is -0.219 e. The lowest BCUT2D eigenvalue weighted by atomic mass is 9.53. The Labute approximate surface area is 137 Å². The van der Waals surface area contributed by atoms with Crippen molar-refractivity contribution in [2.24, 2.45) is 11.3 Å². The van der Waals surface area contributed by atoms with Gasteiger partial charge in [-0.2, -0.15) is 0 Å². The molecule has 1 saturated carbocycles. The van der Waals surface area contributed by atoms with Crippen LogP contribution in [0.1, 0.15) is 30.9 Å². The lowest BCUT2D eigenvalue weighted by molar-refractivity contribution is 0.148. The zero-order valence-corrected chi connectivity index (χ0v) is 14.2. The van der Waals surface area contributed by atoms with Crippen molar-refractivity contribution < 1.29 is 8.42 Å². The zero-order chi connectivity index (χ0) is 16.2. The van der Waals surface area contributed by atoms with Crippen LogP contribution in [0.2, 0.25) is 0 Å². The van der Waals surface area contributed by atoms with Crippen LogP contribution in [0.4, 0.5) is 0 Å². The Balaban J connectivity index is 1.80. The molecule has 0 saturated heterocycles. The molecule has 0 amide bonds. The van der Waals surface area contributed by atoms with E-state index in [1.54, 1.807) is 24.3 Å². The molecule has 2 nitrogen and oxygen atoms in total. The van der Waals surface area contributed by atoms with Gasteiger partial charge in [-0.1, -0.05) is 56.3 Å². The van der Waals surface area contributed by atoms with Crippen molar-refractivity contribution in [2.45, 2.75) is 31.1 Å². The summed E-state index contributed by atoms with van der Waals surface area (Å²) in [4.78, 5) is 0.373. The van der Waals surface area contributed by atoms with Gasteiger partial charge in [-0.05, 0) is 46.6 Å². The highest BCUT2D eigenvalue weighted by molar-refractivity contribution is 7.94. The summed E-state index contributed by atoms with van der Waals surface area (Å²) in [5.41, 5.74) is 3.67. The molecule has 2 atom stereocenters. The van der Waals surface area contributed by atoms with E-state index in [9.17, 15) is 8.42 Å². The third kappa shape index (κ3) is 2.10. The van der Waals surface area contributed by atoms with Crippen molar-refractivity contribution in [3.63, 3.8) is 0 Å². The molecule has 2 aliphatic carbocycles. The highest BCUT2D eigenvalue weighted by Gasteiger charge is 2.56. The summed E-state index contributed by atoms with van der Waals surface area (Å²) in [6.07, 6.45) is 1.05. The first kappa shape index (κ1) is 14.7. The molecular formula is C20H20O2S. The fourth-order valence-corrected chi connectivity index (χ4v) is 5.70. The smallest absolute Gasteiger partial charge is 0.199 e. The van der Waals surface area contributed by atoms with Crippen LogP contribution in [0.3, 0.4) is 0 Å². The molecule has 3 heteroatoms. The average molecular weight is 324 g/mol. The van der Waals surface area contributed by atoms with Gasteiger partial charge in [0.15, 0.2) is 9.84 Å². The lowest BCUT2D eigenvalue weighted by Gasteiger charge is -2.51. The van der Waals surface area contributed by atoms with Gasteiger partial charge in [0.25, 0.3) is 0 Å². The third-order valence-electron chi connectivity index (χ3n) is 5.59. The molecule has 23 heavy (non-hydrogen) atoms. The molecule has 0 radical (unpaired) electrons. The zero-order valence-electron chi connectivity index (χ0n) is 13.4. The van der Waals surface area contributed by atoms with Crippen LogP contribution in [0.25, 0.3) is 0 Å². The van der Waals surface area contributed by atoms with E-state index in [0.29, 0.717) is 10.8 Å². The SMILES string of the molecule is CC1(C)/C(=C/S(=O)(=O)c2ccccc2)[C@H]2c3ccccc3C[C@H]21. The van der Waals surface area contributed by atoms with Crippen LogP contribution < -0.4 is 0 Å². The molecule has 0 spiro atoms. The predicted molar refractivity (Wildman–Crippen MR) is 91.9 cm³/mol. The fraction of sp³-hybridized carbons (Fsp3) is 0.300. The highest BCUT2D eigenvalue weighted by Crippen LogP contribution is 2.65. The van der Waals surface area contributed by atoms with E-state index in [4.69, 9.17) is 0 Å². The Morgan fingerprint density at radius 3 is 2.39 bits per heavy atom. The molecule has 1 fully saturated rings. The molecule has 2 aromatic rings. The highest BCUT2D eigenvalue weighted by atomic mass is 32.2. The van der Waals surface area contributed by atoms with Crippen molar-refractivity contribution in [3.05, 3.63) is 76.7 Å². The maximum atomic E-state index is 12.7. The van der Waals surface area contributed by atoms with Crippen molar-refractivity contribution in [1.29, 1.82) is 0 Å². The van der Waals surface area contributed by atoms with Gasteiger partial charge in [0, 0.05) is 11.3 Å². The molecule has 0 aromatic heterocycles. The van der Waals surface area contributed by atoms with E-state index in [1.165, 1.54) is 16.5 Å². The summed E-state index contributed by atoms with van der Waals surface area (Å²) in [5, 5.41) is 1.53. The van der Waals surface area contributed by atoms with E-state index in [1.807, 2.05) is 6.07 Å². The number of benzene rings is 2. The van der Waals surface area contributed by atoms with Crippen LogP contribution in [0.15, 0.2) is 70.5 Å². The molecule has 4 rings (SSSR count). The Morgan fingerprint density at radius 2 is 1.65 bits per heavy atom. The van der Waals surface area contributed by atoms with Gasteiger partial charge in [-0.3, -0.25) is 0 Å². The number of allylic oxidation sites excluding steroid dienone is 1. The van der Waals surface area contributed by atoms with E-state index in [-0.39, 0.29) is 11.3 Å². The monoisotopic (exact) mass is 324 g/mol. The lowest BCUT2D eigenvalue weighted by Crippen LogP contribution is -2.43. The summed E-state index contributed by atoms with van der Waals surface area (Å²) in [6.45, 7) is 4.35. The normalized spacial score (nSPS) is 26.4. The van der Waals surface area contributed by atoms with E-state index < -0.39 is 9.84 Å². The van der Waals surface area contributed by atoms with Gasteiger partial charge in [-0.15, -0.1) is 0 Å². The second-order valence-corrected chi connectivity index (χ2v) is 8.94. The van der Waals surface area contributed by atoms with Gasteiger partial charge in [-0.25, -0.2) is 8.42 Å². The quantitative estimate of drug-likeness (QED) is 0.823. The maximum Gasteiger partial charge on any atom is 0.199 e. The fourth-order valence-electron chi connectivity index (χ4n) is 4.24. The first-order chi connectivity index (χ1) is 10.9. The number of rotatable bonds is 2. The van der Waals surface area contributed by atoms with E-state index >= 15 is 0 Å². The van der Waals surface area contributed by atoms with Crippen LogP contribution in [0, 0.1) is 11.3 Å². The standard InChI is InChI=1S/C20H20O2S/c1-20(2)17-12-14-8-6-7-11-16(14)19(17)18(20)13-23(21,22)15-9-4-3-5-10-15/h3-11,13,17,19H,12H2,1-2H3/b18-13+/t17-,19+/m1/s1.